The maximum absolute atomic E-state index is 8.74. The average Bonchev–Trinajstić information content (AvgIpc) is 2.77. The van der Waals surface area contributed by atoms with Crippen molar-refractivity contribution in [2.24, 2.45) is 0 Å². The molecule has 0 radical (unpaired) electrons. The van der Waals surface area contributed by atoms with Crippen LogP contribution in [-0.2, 0) is 0 Å². The normalized spacial score (nSPS) is 14.3. The Morgan fingerprint density at radius 3 is 2.72 bits per heavy atom. The maximum Gasteiger partial charge on any atom is 0.288 e. The Hall–Kier alpha value is -1.92. The van der Waals surface area contributed by atoms with Crippen molar-refractivity contribution in [1.29, 1.82) is 0 Å². The van der Waals surface area contributed by atoms with E-state index in [2.05, 4.69) is 30.8 Å². The summed E-state index contributed by atoms with van der Waals surface area (Å²) in [6.45, 7) is 4.26. The van der Waals surface area contributed by atoms with Gasteiger partial charge in [-0.15, -0.1) is 0 Å². The zero-order chi connectivity index (χ0) is 13.0. The molecule has 0 heterocycles. The second-order valence-electron chi connectivity index (χ2n) is 4.91. The van der Waals surface area contributed by atoms with Crippen molar-refractivity contribution >= 4 is 11.8 Å². The summed E-state index contributed by atoms with van der Waals surface area (Å²) < 4.78 is 0. The Morgan fingerprint density at radius 2 is 2.00 bits per heavy atom. The number of benzene rings is 1. The van der Waals surface area contributed by atoms with Crippen molar-refractivity contribution < 1.29 is 4.79 Å². The standard InChI is InChI=1S/C16H18N2/c1-12(2)10-13-7-5-9-15(13)16-8-4-3-6-14(16)11-18-17/h3-4,6,8,10-11H,5,7,9H2,1-2H3. The molecule has 0 aliphatic heterocycles. The van der Waals surface area contributed by atoms with E-state index in [0.29, 0.717) is 0 Å². The van der Waals surface area contributed by atoms with Crippen molar-refractivity contribution in [3.05, 3.63) is 58.1 Å². The molecule has 0 bridgehead atoms. The third-order valence-electron chi connectivity index (χ3n) is 3.21. The van der Waals surface area contributed by atoms with E-state index in [0.717, 1.165) is 18.4 Å². The first-order valence-corrected chi connectivity index (χ1v) is 6.36. The summed E-state index contributed by atoms with van der Waals surface area (Å²) in [4.78, 5) is 3.16. The molecule has 0 amide bonds. The van der Waals surface area contributed by atoms with Gasteiger partial charge in [0.15, 0.2) is 0 Å². The highest BCUT2D eigenvalue weighted by molar-refractivity contribution is 5.87. The smallest absolute Gasteiger partial charge is 0.288 e. The Morgan fingerprint density at radius 1 is 1.22 bits per heavy atom. The lowest BCUT2D eigenvalue weighted by atomic mass is 9.96. The second kappa shape index (κ2) is 5.61. The predicted octanol–water partition coefficient (Wildman–Crippen LogP) is 4.24. The first kappa shape index (κ1) is 12.5. The molecule has 0 saturated heterocycles. The van der Waals surface area contributed by atoms with Gasteiger partial charge in [-0.05, 0) is 55.9 Å². The molecule has 0 unspecified atom stereocenters. The highest BCUT2D eigenvalue weighted by Crippen LogP contribution is 2.36. The molecular formula is C16H18N2. The minimum absolute atomic E-state index is 0.983. The van der Waals surface area contributed by atoms with E-state index in [1.165, 1.54) is 34.9 Å². The lowest BCUT2D eigenvalue weighted by molar-refractivity contribution is 0.00455. The van der Waals surface area contributed by atoms with Gasteiger partial charge < -0.3 is 5.53 Å². The molecule has 1 aromatic carbocycles. The number of hydrogen-bond acceptors (Lipinski definition) is 0. The van der Waals surface area contributed by atoms with Crippen molar-refractivity contribution in [3.63, 3.8) is 0 Å². The van der Waals surface area contributed by atoms with E-state index in [1.54, 1.807) is 0 Å². The van der Waals surface area contributed by atoms with Crippen LogP contribution in [0.15, 0.2) is 41.5 Å². The van der Waals surface area contributed by atoms with E-state index in [1.807, 2.05) is 18.2 Å². The summed E-state index contributed by atoms with van der Waals surface area (Å²) in [6.07, 6.45) is 7.25. The van der Waals surface area contributed by atoms with Crippen LogP contribution in [0.1, 0.15) is 44.2 Å². The van der Waals surface area contributed by atoms with Gasteiger partial charge in [-0.1, -0.05) is 29.8 Å². The molecule has 18 heavy (non-hydrogen) atoms. The molecule has 0 N–H and O–H groups in total. The molecule has 0 saturated carbocycles. The minimum atomic E-state index is 0.983. The summed E-state index contributed by atoms with van der Waals surface area (Å²) in [6, 6.07) is 8.10. The van der Waals surface area contributed by atoms with E-state index >= 15 is 0 Å². The van der Waals surface area contributed by atoms with E-state index in [4.69, 9.17) is 5.53 Å². The molecule has 1 aliphatic rings. The van der Waals surface area contributed by atoms with Gasteiger partial charge in [-0.25, -0.2) is 0 Å². The van der Waals surface area contributed by atoms with Crippen molar-refractivity contribution in [2.75, 3.05) is 0 Å². The number of rotatable bonds is 3. The summed E-state index contributed by atoms with van der Waals surface area (Å²) in [5.41, 5.74) is 15.1. The fourth-order valence-electron chi connectivity index (χ4n) is 2.53. The lowest BCUT2D eigenvalue weighted by Gasteiger charge is -2.07. The van der Waals surface area contributed by atoms with Crippen molar-refractivity contribution in [1.82, 2.24) is 0 Å². The second-order valence-corrected chi connectivity index (χ2v) is 4.91. The zero-order valence-corrected chi connectivity index (χ0v) is 11.0. The molecule has 0 fully saturated rings. The fourth-order valence-corrected chi connectivity index (χ4v) is 2.53. The highest BCUT2D eigenvalue weighted by Gasteiger charge is 2.17. The van der Waals surface area contributed by atoms with Crippen LogP contribution in [-0.4, -0.2) is 11.0 Å². The highest BCUT2D eigenvalue weighted by atomic mass is 14.8. The number of hydrogen-bond donors (Lipinski definition) is 0. The van der Waals surface area contributed by atoms with Crippen LogP contribution in [0.25, 0.3) is 11.1 Å². The van der Waals surface area contributed by atoms with Crippen LogP contribution in [0.2, 0.25) is 0 Å². The van der Waals surface area contributed by atoms with Gasteiger partial charge in [0.25, 0.3) is 6.21 Å². The lowest BCUT2D eigenvalue weighted by Crippen LogP contribution is -1.92. The third kappa shape index (κ3) is 2.66. The zero-order valence-electron chi connectivity index (χ0n) is 11.0. The number of allylic oxidation sites excluding steroid dienone is 4. The predicted molar refractivity (Wildman–Crippen MR) is 75.4 cm³/mol. The molecule has 1 aromatic rings. The third-order valence-corrected chi connectivity index (χ3v) is 3.21. The summed E-state index contributed by atoms with van der Waals surface area (Å²) in [7, 11) is 0. The van der Waals surface area contributed by atoms with Gasteiger partial charge in [-0.3, -0.25) is 0 Å². The molecule has 0 aromatic heterocycles. The number of nitrogens with zero attached hydrogens (tertiary/aromatic N) is 2. The first-order valence-electron chi connectivity index (χ1n) is 6.36. The van der Waals surface area contributed by atoms with Crippen molar-refractivity contribution in [3.8, 4) is 0 Å². The molecule has 2 rings (SSSR count). The van der Waals surface area contributed by atoms with Crippen LogP contribution in [0.5, 0.6) is 0 Å². The van der Waals surface area contributed by atoms with E-state index in [-0.39, 0.29) is 0 Å². The molecule has 2 nitrogen and oxygen atoms in total. The summed E-state index contributed by atoms with van der Waals surface area (Å²) >= 11 is 0. The first-order chi connectivity index (χ1) is 8.72. The Kier molecular flexibility index (Phi) is 3.91. The van der Waals surface area contributed by atoms with Gasteiger partial charge >= 0.3 is 0 Å². The Bertz CT molecular complexity index is 554. The average molecular weight is 238 g/mol. The van der Waals surface area contributed by atoms with Crippen LogP contribution in [0.3, 0.4) is 0 Å². The largest absolute Gasteiger partial charge is 0.361 e. The molecule has 1 aliphatic carbocycles. The van der Waals surface area contributed by atoms with Gasteiger partial charge in [0.2, 0.25) is 0 Å². The molecule has 0 spiro atoms. The van der Waals surface area contributed by atoms with Crippen molar-refractivity contribution in [2.45, 2.75) is 33.1 Å². The molecule has 0 atom stereocenters. The topological polar surface area (TPSA) is 36.4 Å². The fraction of sp³-hybridized carbons (Fsp3) is 0.312. The summed E-state index contributed by atoms with van der Waals surface area (Å²) in [5.74, 6) is 0. The summed E-state index contributed by atoms with van der Waals surface area (Å²) in [5, 5.41) is 0. The van der Waals surface area contributed by atoms with E-state index < -0.39 is 0 Å². The SMILES string of the molecule is CC(C)=CC1=C(c2ccccc2C=[N+]=[N-])CCC1. The van der Waals surface area contributed by atoms with E-state index in [9.17, 15) is 0 Å². The van der Waals surface area contributed by atoms with Crippen LogP contribution in [0, 0.1) is 0 Å². The molecular weight excluding hydrogens is 220 g/mol. The van der Waals surface area contributed by atoms with Gasteiger partial charge in [0.05, 0.1) is 5.56 Å². The Balaban J connectivity index is 2.54. The monoisotopic (exact) mass is 238 g/mol. The van der Waals surface area contributed by atoms with Crippen LogP contribution in [0.4, 0.5) is 0 Å². The van der Waals surface area contributed by atoms with Crippen LogP contribution >= 0.6 is 0 Å². The molecule has 92 valence electrons. The maximum atomic E-state index is 8.74. The Labute approximate surface area is 108 Å². The van der Waals surface area contributed by atoms with Gasteiger partial charge in [0.1, 0.15) is 0 Å². The quantitative estimate of drug-likeness (QED) is 0.429. The molecule has 2 heteroatoms. The van der Waals surface area contributed by atoms with Gasteiger partial charge in [0, 0.05) is 0 Å². The van der Waals surface area contributed by atoms with Crippen LogP contribution < -0.4 is 0 Å². The minimum Gasteiger partial charge on any atom is -0.361 e. The van der Waals surface area contributed by atoms with Gasteiger partial charge in [-0.2, -0.15) is 4.79 Å².